The molecular weight excluding hydrogens is 792 g/mol. The average molecular weight is 827 g/mol. The fourth-order valence-electron chi connectivity index (χ4n) is 7.05. The van der Waals surface area contributed by atoms with E-state index in [1.54, 1.807) is 18.3 Å². The molecule has 57 heavy (non-hydrogen) atoms. The first kappa shape index (κ1) is 40.1. The van der Waals surface area contributed by atoms with E-state index in [0.717, 1.165) is 43.5 Å². The molecule has 0 bridgehead atoms. The standard InChI is InChI=1S/C37H35ClF8N8O3/c1-33(2,36(41,42)43)18-35(23-6-3-20(4-7-23)22-15-49-52(16-22)24-8-9-24)30(56)53(32(47)51-35)27(17-57-28(55)14-34(11-12-34)37(44,45)46)21-5-10-26(38)25(13-21)29-48-19-50-54(29)31(39)40/h3-7,10,13,15-16,19,24,27,31H,8-9,11-12,14,17-18H2,1-2H3,(H2,47,51)/t27-,35-/m1/s1. The van der Waals surface area contributed by atoms with Crippen molar-refractivity contribution in [3.05, 3.63) is 77.3 Å². The van der Waals surface area contributed by atoms with Crippen molar-refractivity contribution in [3.8, 4) is 22.5 Å². The molecule has 3 aliphatic rings. The van der Waals surface area contributed by atoms with Gasteiger partial charge in [-0.05, 0) is 60.9 Å². The number of benzene rings is 2. The SMILES string of the molecule is CC(C)(C[C@]1(c2ccc(-c3cnn(C4CC4)c3)cc2)N=C(N)N([C@H](COC(=O)CC2(C(F)(F)F)CC2)c2ccc(Cl)c(-c3ncnn3C(F)F)c2)C1=O)C(F)(F)F. The van der Waals surface area contributed by atoms with Crippen LogP contribution in [0.3, 0.4) is 0 Å². The Kier molecular flexibility index (Phi) is 9.92. The first-order chi connectivity index (χ1) is 26.7. The summed E-state index contributed by atoms with van der Waals surface area (Å²) < 4.78 is 120. The molecule has 2 aromatic carbocycles. The Morgan fingerprint density at radius 3 is 2.30 bits per heavy atom. The van der Waals surface area contributed by atoms with E-state index in [9.17, 15) is 44.7 Å². The number of rotatable bonds is 13. The van der Waals surface area contributed by atoms with Crippen LogP contribution in [0.4, 0.5) is 35.1 Å². The van der Waals surface area contributed by atoms with Crippen LogP contribution >= 0.6 is 11.6 Å². The van der Waals surface area contributed by atoms with Gasteiger partial charge in [-0.15, -0.1) is 0 Å². The molecular formula is C37H35ClF8N8O3. The minimum Gasteiger partial charge on any atom is -0.463 e. The molecule has 7 rings (SSSR count). The summed E-state index contributed by atoms with van der Waals surface area (Å²) in [5.41, 5.74) is 0.551. The fraction of sp³-hybridized carbons (Fsp3) is 0.459. The van der Waals surface area contributed by atoms with Gasteiger partial charge in [0, 0.05) is 17.3 Å². The number of carbonyl (C=O) groups excluding carboxylic acids is 2. The van der Waals surface area contributed by atoms with Gasteiger partial charge in [-0.3, -0.25) is 19.2 Å². The van der Waals surface area contributed by atoms with Crippen LogP contribution in [0.2, 0.25) is 5.02 Å². The Morgan fingerprint density at radius 2 is 1.70 bits per heavy atom. The zero-order valence-corrected chi connectivity index (χ0v) is 31.0. The van der Waals surface area contributed by atoms with E-state index < -0.39 is 84.4 Å². The molecule has 20 heteroatoms. The number of esters is 1. The predicted molar refractivity (Wildman–Crippen MR) is 188 cm³/mol. The maximum Gasteiger partial charge on any atom is 0.395 e. The summed E-state index contributed by atoms with van der Waals surface area (Å²) >= 11 is 6.39. The highest BCUT2D eigenvalue weighted by Crippen LogP contribution is 2.60. The van der Waals surface area contributed by atoms with E-state index in [0.29, 0.717) is 5.56 Å². The fourth-order valence-corrected chi connectivity index (χ4v) is 7.25. The van der Waals surface area contributed by atoms with Crippen LogP contribution in [0, 0.1) is 10.8 Å². The first-order valence-electron chi connectivity index (χ1n) is 17.8. The van der Waals surface area contributed by atoms with Crippen molar-refractivity contribution in [2.24, 2.45) is 21.6 Å². The molecule has 2 N–H and O–H groups in total. The van der Waals surface area contributed by atoms with Crippen molar-refractivity contribution >= 4 is 29.4 Å². The summed E-state index contributed by atoms with van der Waals surface area (Å²) in [6.45, 7) is -2.23. The van der Waals surface area contributed by atoms with Crippen molar-refractivity contribution in [2.45, 2.75) is 88.9 Å². The van der Waals surface area contributed by atoms with Crippen LogP contribution in [0.1, 0.15) is 82.1 Å². The van der Waals surface area contributed by atoms with Gasteiger partial charge in [0.25, 0.3) is 5.91 Å². The maximum absolute atomic E-state index is 14.9. The number of nitrogens with zero attached hydrogens (tertiary/aromatic N) is 7. The second-order valence-corrected chi connectivity index (χ2v) is 15.7. The molecule has 0 unspecified atom stereocenters. The molecule has 11 nitrogen and oxygen atoms in total. The number of aromatic nitrogens is 5. The number of ether oxygens (including phenoxy) is 1. The van der Waals surface area contributed by atoms with Crippen LogP contribution in [0.5, 0.6) is 0 Å². The van der Waals surface area contributed by atoms with Crippen molar-refractivity contribution in [3.63, 3.8) is 0 Å². The van der Waals surface area contributed by atoms with Gasteiger partial charge in [-0.25, -0.2) is 9.98 Å². The summed E-state index contributed by atoms with van der Waals surface area (Å²) in [5.74, 6) is -3.36. The van der Waals surface area contributed by atoms with Gasteiger partial charge in [0.05, 0.1) is 40.6 Å². The van der Waals surface area contributed by atoms with Crippen LogP contribution in [-0.4, -0.2) is 66.2 Å². The lowest BCUT2D eigenvalue weighted by molar-refractivity contribution is -0.218. The van der Waals surface area contributed by atoms with Crippen molar-refractivity contribution in [2.75, 3.05) is 6.61 Å². The third-order valence-corrected chi connectivity index (χ3v) is 11.2. The third-order valence-electron chi connectivity index (χ3n) is 10.8. The molecule has 304 valence electrons. The highest BCUT2D eigenvalue weighted by Gasteiger charge is 2.64. The minimum absolute atomic E-state index is 0.0108. The highest BCUT2D eigenvalue weighted by molar-refractivity contribution is 6.33. The lowest BCUT2D eigenvalue weighted by Crippen LogP contribution is -2.49. The quantitative estimate of drug-likeness (QED) is 0.106. The van der Waals surface area contributed by atoms with Gasteiger partial charge in [0.15, 0.2) is 17.3 Å². The van der Waals surface area contributed by atoms with Gasteiger partial charge < -0.3 is 10.5 Å². The highest BCUT2D eigenvalue weighted by atomic mass is 35.5. The van der Waals surface area contributed by atoms with E-state index in [-0.39, 0.29) is 45.3 Å². The number of guanidine groups is 1. The molecule has 2 aliphatic carbocycles. The molecule has 2 fully saturated rings. The second-order valence-electron chi connectivity index (χ2n) is 15.3. The zero-order chi connectivity index (χ0) is 41.3. The summed E-state index contributed by atoms with van der Waals surface area (Å²) in [4.78, 5) is 37.0. The van der Waals surface area contributed by atoms with Gasteiger partial charge in [0.1, 0.15) is 12.9 Å². The number of aliphatic imine (C=N–C) groups is 1. The summed E-state index contributed by atoms with van der Waals surface area (Å²) in [7, 11) is 0. The number of nitrogens with two attached hydrogens (primary N) is 1. The second kappa shape index (κ2) is 14.1. The smallest absolute Gasteiger partial charge is 0.395 e. The molecule has 2 atom stereocenters. The van der Waals surface area contributed by atoms with E-state index in [2.05, 4.69) is 20.2 Å². The van der Waals surface area contributed by atoms with Crippen LogP contribution in [0.15, 0.2) is 66.2 Å². The lowest BCUT2D eigenvalue weighted by atomic mass is 9.74. The Morgan fingerprint density at radius 1 is 1.02 bits per heavy atom. The summed E-state index contributed by atoms with van der Waals surface area (Å²) in [5, 5.41) is 7.78. The summed E-state index contributed by atoms with van der Waals surface area (Å²) in [6.07, 6.45) is -5.82. The molecule has 0 saturated heterocycles. The number of hydrogen-bond acceptors (Lipinski definition) is 8. The molecule has 2 saturated carbocycles. The van der Waals surface area contributed by atoms with Crippen LogP contribution in [-0.2, 0) is 19.9 Å². The molecule has 4 aromatic rings. The first-order valence-corrected chi connectivity index (χ1v) is 18.1. The number of hydrogen-bond donors (Lipinski definition) is 1. The van der Waals surface area contributed by atoms with Crippen LogP contribution in [0.25, 0.3) is 22.5 Å². The zero-order valence-electron chi connectivity index (χ0n) is 30.3. The Bertz CT molecular complexity index is 2210. The van der Waals surface area contributed by atoms with E-state index in [1.807, 2.05) is 10.9 Å². The molecule has 0 spiro atoms. The molecule has 3 heterocycles. The Balaban J connectivity index is 1.29. The number of carbonyl (C=O) groups is 2. The van der Waals surface area contributed by atoms with Gasteiger partial charge in [0.2, 0.25) is 0 Å². The van der Waals surface area contributed by atoms with E-state index >= 15 is 0 Å². The largest absolute Gasteiger partial charge is 0.463 e. The van der Waals surface area contributed by atoms with Crippen molar-refractivity contribution < 1.29 is 49.4 Å². The lowest BCUT2D eigenvalue weighted by Gasteiger charge is -2.37. The molecule has 1 amide bonds. The number of alkyl halides is 8. The molecule has 0 radical (unpaired) electrons. The summed E-state index contributed by atoms with van der Waals surface area (Å²) in [6, 6.07) is 8.59. The minimum atomic E-state index is -4.84. The topological polar surface area (TPSA) is 134 Å². The third kappa shape index (κ3) is 7.45. The van der Waals surface area contributed by atoms with Gasteiger partial charge >= 0.3 is 24.9 Å². The van der Waals surface area contributed by atoms with Crippen LogP contribution < -0.4 is 5.73 Å². The number of amides is 1. The van der Waals surface area contributed by atoms with Crippen molar-refractivity contribution in [1.29, 1.82) is 0 Å². The van der Waals surface area contributed by atoms with Crippen molar-refractivity contribution in [1.82, 2.24) is 29.4 Å². The average Bonchev–Trinajstić information content (AvgIpc) is 4.00. The van der Waals surface area contributed by atoms with Gasteiger partial charge in [-0.1, -0.05) is 55.8 Å². The normalized spacial score (nSPS) is 20.2. The molecule has 2 aromatic heterocycles. The Hall–Kier alpha value is -5.07. The predicted octanol–water partition coefficient (Wildman–Crippen LogP) is 8.54. The number of halogens is 9. The van der Waals surface area contributed by atoms with E-state index in [4.69, 9.17) is 22.1 Å². The van der Waals surface area contributed by atoms with Gasteiger partial charge in [-0.2, -0.15) is 50.0 Å². The molecule has 1 aliphatic heterocycles. The maximum atomic E-state index is 14.9. The monoisotopic (exact) mass is 826 g/mol. The van der Waals surface area contributed by atoms with E-state index in [1.165, 1.54) is 30.3 Å². The Labute approximate surface area is 324 Å².